The van der Waals surface area contributed by atoms with Gasteiger partial charge in [0, 0.05) is 25.3 Å². The van der Waals surface area contributed by atoms with Crippen molar-refractivity contribution in [2.75, 3.05) is 26.2 Å². The van der Waals surface area contributed by atoms with Crippen LogP contribution in [0.1, 0.15) is 55.4 Å². The molecule has 0 radical (unpaired) electrons. The van der Waals surface area contributed by atoms with Crippen LogP contribution in [0.25, 0.3) is 0 Å². The molecule has 1 N–H and O–H groups in total. The van der Waals surface area contributed by atoms with E-state index in [1.54, 1.807) is 0 Å². The lowest BCUT2D eigenvalue weighted by Crippen LogP contribution is -2.49. The first-order valence-electron chi connectivity index (χ1n) is 8.43. The molecule has 3 rings (SSSR count). The number of ether oxygens (including phenoxy) is 1. The fraction of sp³-hybridized carbons (Fsp3) is 0.765. The van der Waals surface area contributed by atoms with E-state index in [9.17, 15) is 5.11 Å². The van der Waals surface area contributed by atoms with E-state index in [1.165, 1.54) is 6.42 Å². The van der Waals surface area contributed by atoms with Crippen LogP contribution in [-0.2, 0) is 4.74 Å². The minimum absolute atomic E-state index is 0.0126. The van der Waals surface area contributed by atoms with Crippen molar-refractivity contribution in [3.8, 4) is 0 Å². The topological polar surface area (TPSA) is 58.5 Å². The highest BCUT2D eigenvalue weighted by Gasteiger charge is 2.33. The second-order valence-corrected chi connectivity index (χ2v) is 6.86. The van der Waals surface area contributed by atoms with Crippen molar-refractivity contribution in [2.24, 2.45) is 0 Å². The molecule has 1 atom stereocenters. The minimum Gasteiger partial charge on any atom is -0.389 e. The second kappa shape index (κ2) is 6.60. The summed E-state index contributed by atoms with van der Waals surface area (Å²) in [5, 5.41) is 10.8. The molecule has 1 saturated heterocycles. The van der Waals surface area contributed by atoms with Gasteiger partial charge in [0.1, 0.15) is 11.9 Å². The van der Waals surface area contributed by atoms with Crippen LogP contribution in [0.3, 0.4) is 0 Å². The maximum absolute atomic E-state index is 10.8. The first kappa shape index (κ1) is 15.8. The lowest BCUT2D eigenvalue weighted by molar-refractivity contribution is -0.0777. The van der Waals surface area contributed by atoms with Crippen molar-refractivity contribution in [2.45, 2.75) is 57.7 Å². The summed E-state index contributed by atoms with van der Waals surface area (Å²) in [7, 11) is 0. The third-order valence-electron chi connectivity index (χ3n) is 4.77. The zero-order valence-electron chi connectivity index (χ0n) is 13.7. The fourth-order valence-corrected chi connectivity index (χ4v) is 3.72. The molecule has 1 aromatic heterocycles. The van der Waals surface area contributed by atoms with Crippen LogP contribution in [-0.4, -0.2) is 51.8 Å². The van der Waals surface area contributed by atoms with Crippen LogP contribution in [0.5, 0.6) is 0 Å². The molecule has 1 aliphatic carbocycles. The van der Waals surface area contributed by atoms with E-state index in [0.29, 0.717) is 6.61 Å². The van der Waals surface area contributed by atoms with Crippen LogP contribution in [0.4, 0.5) is 0 Å². The standard InChI is InChI=1S/C17H27N3O2/c1-13-10-15(19-14(2)18-13)16-11-20(8-9-22-16)12-17(21)6-4-3-5-7-17/h10,16,21H,3-9,11-12H2,1-2H3/t16-/m0/s1. The van der Waals surface area contributed by atoms with E-state index in [4.69, 9.17) is 4.74 Å². The quantitative estimate of drug-likeness (QED) is 0.927. The summed E-state index contributed by atoms with van der Waals surface area (Å²) in [6.45, 7) is 7.06. The molecule has 0 amide bonds. The Balaban J connectivity index is 1.66. The summed E-state index contributed by atoms with van der Waals surface area (Å²) in [5.41, 5.74) is 1.44. The predicted molar refractivity (Wildman–Crippen MR) is 84.7 cm³/mol. The summed E-state index contributed by atoms with van der Waals surface area (Å²) in [5.74, 6) is 0.793. The van der Waals surface area contributed by atoms with Gasteiger partial charge in [-0.2, -0.15) is 0 Å². The van der Waals surface area contributed by atoms with Gasteiger partial charge in [-0.1, -0.05) is 19.3 Å². The summed E-state index contributed by atoms with van der Waals surface area (Å²) < 4.78 is 5.91. The van der Waals surface area contributed by atoms with Gasteiger partial charge in [-0.25, -0.2) is 9.97 Å². The number of hydrogen-bond donors (Lipinski definition) is 1. The van der Waals surface area contributed by atoms with Crippen molar-refractivity contribution in [1.29, 1.82) is 0 Å². The van der Waals surface area contributed by atoms with Gasteiger partial charge >= 0.3 is 0 Å². The zero-order chi connectivity index (χ0) is 15.6. The van der Waals surface area contributed by atoms with Gasteiger partial charge in [0.05, 0.1) is 17.9 Å². The maximum atomic E-state index is 10.8. The van der Waals surface area contributed by atoms with Gasteiger partial charge in [0.15, 0.2) is 0 Å². The Bertz CT molecular complexity index is 494. The van der Waals surface area contributed by atoms with Gasteiger partial charge in [0.25, 0.3) is 0 Å². The Hall–Kier alpha value is -1.04. The van der Waals surface area contributed by atoms with Crippen molar-refractivity contribution in [3.05, 3.63) is 23.3 Å². The molecule has 5 heteroatoms. The average Bonchev–Trinajstić information content (AvgIpc) is 2.47. The molecule has 0 spiro atoms. The van der Waals surface area contributed by atoms with Gasteiger partial charge < -0.3 is 9.84 Å². The van der Waals surface area contributed by atoms with Crippen LogP contribution < -0.4 is 0 Å². The number of rotatable bonds is 3. The molecule has 2 aliphatic rings. The minimum atomic E-state index is -0.502. The largest absolute Gasteiger partial charge is 0.389 e. The molecular weight excluding hydrogens is 278 g/mol. The van der Waals surface area contributed by atoms with Gasteiger partial charge in [-0.15, -0.1) is 0 Å². The Morgan fingerprint density at radius 1 is 1.27 bits per heavy atom. The summed E-state index contributed by atoms with van der Waals surface area (Å²) in [4.78, 5) is 11.2. The average molecular weight is 305 g/mol. The second-order valence-electron chi connectivity index (χ2n) is 6.86. The number of β-amino-alcohol motifs (C(OH)–C–C–N with tert-alkyl or cyclic N) is 1. The number of aliphatic hydroxyl groups is 1. The Labute approximate surface area is 132 Å². The molecular formula is C17H27N3O2. The van der Waals surface area contributed by atoms with Gasteiger partial charge in [-0.05, 0) is 32.8 Å². The lowest BCUT2D eigenvalue weighted by atomic mass is 9.84. The van der Waals surface area contributed by atoms with E-state index in [1.807, 2.05) is 19.9 Å². The number of morpholine rings is 1. The van der Waals surface area contributed by atoms with Crippen LogP contribution in [0, 0.1) is 13.8 Å². The highest BCUT2D eigenvalue weighted by molar-refractivity contribution is 5.13. The number of hydrogen-bond acceptors (Lipinski definition) is 5. The van der Waals surface area contributed by atoms with Crippen LogP contribution >= 0.6 is 0 Å². The number of aromatic nitrogens is 2. The molecule has 1 aromatic rings. The van der Waals surface area contributed by atoms with Crippen molar-refractivity contribution >= 4 is 0 Å². The van der Waals surface area contributed by atoms with Crippen molar-refractivity contribution in [1.82, 2.24) is 14.9 Å². The van der Waals surface area contributed by atoms with E-state index < -0.39 is 5.60 Å². The molecule has 2 heterocycles. The van der Waals surface area contributed by atoms with Gasteiger partial charge in [0.2, 0.25) is 0 Å². The Kier molecular flexibility index (Phi) is 4.76. The first-order chi connectivity index (χ1) is 10.5. The highest BCUT2D eigenvalue weighted by atomic mass is 16.5. The molecule has 1 saturated carbocycles. The first-order valence-corrected chi connectivity index (χ1v) is 8.43. The molecule has 0 bridgehead atoms. The summed E-state index contributed by atoms with van der Waals surface area (Å²) in [6.07, 6.45) is 5.40. The van der Waals surface area contributed by atoms with E-state index in [-0.39, 0.29) is 6.10 Å². The van der Waals surface area contributed by atoms with Gasteiger partial charge in [-0.3, -0.25) is 4.90 Å². The van der Waals surface area contributed by atoms with E-state index in [2.05, 4.69) is 14.9 Å². The SMILES string of the molecule is Cc1cc([C@@H]2CN(CC3(O)CCCCC3)CCO2)nc(C)n1. The third kappa shape index (κ3) is 3.83. The monoisotopic (exact) mass is 305 g/mol. The molecule has 1 aliphatic heterocycles. The molecule has 0 aromatic carbocycles. The maximum Gasteiger partial charge on any atom is 0.125 e. The zero-order valence-corrected chi connectivity index (χ0v) is 13.7. The smallest absolute Gasteiger partial charge is 0.125 e. The molecule has 2 fully saturated rings. The number of aryl methyl sites for hydroxylation is 2. The van der Waals surface area contributed by atoms with Crippen LogP contribution in [0.15, 0.2) is 6.07 Å². The predicted octanol–water partition coefficient (Wildman–Crippen LogP) is 2.16. The van der Waals surface area contributed by atoms with Crippen LogP contribution in [0.2, 0.25) is 0 Å². The van der Waals surface area contributed by atoms with E-state index in [0.717, 1.165) is 62.5 Å². The Morgan fingerprint density at radius 3 is 2.77 bits per heavy atom. The molecule has 122 valence electrons. The normalized spacial score (nSPS) is 26.0. The van der Waals surface area contributed by atoms with E-state index >= 15 is 0 Å². The third-order valence-corrected chi connectivity index (χ3v) is 4.77. The van der Waals surface area contributed by atoms with Crippen molar-refractivity contribution < 1.29 is 9.84 Å². The molecule has 5 nitrogen and oxygen atoms in total. The molecule has 22 heavy (non-hydrogen) atoms. The lowest BCUT2D eigenvalue weighted by Gasteiger charge is -2.40. The number of nitrogens with zero attached hydrogens (tertiary/aromatic N) is 3. The Morgan fingerprint density at radius 2 is 2.05 bits per heavy atom. The summed E-state index contributed by atoms with van der Waals surface area (Å²) in [6, 6.07) is 2.01. The van der Waals surface area contributed by atoms with Crippen molar-refractivity contribution in [3.63, 3.8) is 0 Å². The fourth-order valence-electron chi connectivity index (χ4n) is 3.72. The summed E-state index contributed by atoms with van der Waals surface area (Å²) >= 11 is 0. The molecule has 0 unspecified atom stereocenters. The highest BCUT2D eigenvalue weighted by Crippen LogP contribution is 2.30.